The predicted octanol–water partition coefficient (Wildman–Crippen LogP) is 7.61. The Hall–Kier alpha value is -4.27. The van der Waals surface area contributed by atoms with Crippen LogP contribution in [0.2, 0.25) is 0 Å². The number of alkyl halides is 4. The van der Waals surface area contributed by atoms with Crippen LogP contribution in [0.15, 0.2) is 91.0 Å². The molecule has 0 fully saturated rings. The Balaban J connectivity index is 1.35. The fraction of sp³-hybridized carbons (Fsp3) is 0.324. The van der Waals surface area contributed by atoms with Gasteiger partial charge >= 0.3 is 18.5 Å². The molecule has 1 aromatic heterocycles. The average Bonchev–Trinajstić information content (AvgIpc) is 3.34. The molecule has 0 aliphatic rings. The Morgan fingerprint density at radius 1 is 0.814 bits per heavy atom. The lowest BCUT2D eigenvalue weighted by atomic mass is 10.1. The van der Waals surface area contributed by atoms with Crippen molar-refractivity contribution in [1.82, 2.24) is 4.57 Å². The highest BCUT2D eigenvalue weighted by molar-refractivity contribution is 5.75. The van der Waals surface area contributed by atoms with Crippen LogP contribution in [0.3, 0.4) is 0 Å². The number of benzene rings is 3. The van der Waals surface area contributed by atoms with Gasteiger partial charge in [-0.15, -0.1) is 0 Å². The maximum Gasteiger partial charge on any atom is 0.461 e. The van der Waals surface area contributed by atoms with Crippen LogP contribution in [0.4, 0.5) is 17.6 Å². The summed E-state index contributed by atoms with van der Waals surface area (Å²) in [5, 5.41) is 0. The normalized spacial score (nSPS) is 12.3. The van der Waals surface area contributed by atoms with E-state index < -0.39 is 24.6 Å². The predicted molar refractivity (Wildman–Crippen MR) is 156 cm³/mol. The number of ether oxygens (including phenoxy) is 3. The zero-order chi connectivity index (χ0) is 30.8. The van der Waals surface area contributed by atoms with Crippen LogP contribution in [0, 0.1) is 6.92 Å². The van der Waals surface area contributed by atoms with Gasteiger partial charge in [-0.25, -0.2) is 4.79 Å². The zero-order valence-corrected chi connectivity index (χ0v) is 24.1. The van der Waals surface area contributed by atoms with Crippen molar-refractivity contribution < 1.29 is 36.6 Å². The van der Waals surface area contributed by atoms with Crippen LogP contribution in [-0.2, 0) is 41.8 Å². The van der Waals surface area contributed by atoms with Crippen LogP contribution in [0.1, 0.15) is 35.0 Å². The van der Waals surface area contributed by atoms with E-state index in [2.05, 4.69) is 9.30 Å². The molecule has 0 bridgehead atoms. The molecule has 0 radical (unpaired) electrons. The second kappa shape index (κ2) is 14.8. The van der Waals surface area contributed by atoms with Gasteiger partial charge in [-0.3, -0.25) is 0 Å². The molecule has 1 heterocycles. The number of hydrogen-bond acceptors (Lipinski definition) is 4. The number of rotatable bonds is 15. The Labute approximate surface area is 249 Å². The van der Waals surface area contributed by atoms with Crippen molar-refractivity contribution >= 4 is 5.97 Å². The summed E-state index contributed by atoms with van der Waals surface area (Å²) in [6.45, 7) is 4.77. The smallest absolute Gasteiger partial charge is 0.461 e. The molecule has 0 unspecified atom stereocenters. The first-order valence-electron chi connectivity index (χ1n) is 14.2. The maximum absolute atomic E-state index is 13.3. The van der Waals surface area contributed by atoms with Crippen molar-refractivity contribution in [2.75, 3.05) is 6.61 Å². The molecule has 4 rings (SSSR count). The van der Waals surface area contributed by atoms with E-state index in [1.807, 2.05) is 73.7 Å². The topological polar surface area (TPSA) is 49.7 Å². The average molecular weight is 598 g/mol. The molecule has 228 valence electrons. The molecule has 0 aliphatic carbocycles. The first-order valence-corrected chi connectivity index (χ1v) is 14.2. The summed E-state index contributed by atoms with van der Waals surface area (Å²) in [5.74, 6) is -0.125. The number of esters is 1. The second-order valence-corrected chi connectivity index (χ2v) is 10.2. The Bertz CT molecular complexity index is 1460. The quantitative estimate of drug-likeness (QED) is 0.105. The molecule has 43 heavy (non-hydrogen) atoms. The summed E-state index contributed by atoms with van der Waals surface area (Å²) in [7, 11) is 0. The number of hydrogen-bond donors (Lipinski definition) is 0. The molecule has 4 aromatic rings. The summed E-state index contributed by atoms with van der Waals surface area (Å²) in [6, 6.07) is 27.2. The van der Waals surface area contributed by atoms with Crippen molar-refractivity contribution in [2.24, 2.45) is 0 Å². The van der Waals surface area contributed by atoms with Crippen LogP contribution in [0.25, 0.3) is 0 Å². The van der Waals surface area contributed by atoms with Gasteiger partial charge < -0.3 is 18.8 Å². The van der Waals surface area contributed by atoms with Crippen molar-refractivity contribution in [2.45, 2.75) is 64.7 Å². The third kappa shape index (κ3) is 9.11. The third-order valence-electron chi connectivity index (χ3n) is 7.00. The third-order valence-corrected chi connectivity index (χ3v) is 7.00. The van der Waals surface area contributed by atoms with Crippen molar-refractivity contribution in [3.05, 3.63) is 119 Å². The van der Waals surface area contributed by atoms with Gasteiger partial charge in [0, 0.05) is 24.4 Å². The lowest BCUT2D eigenvalue weighted by Crippen LogP contribution is -2.33. The highest BCUT2D eigenvalue weighted by atomic mass is 19.3. The van der Waals surface area contributed by atoms with Gasteiger partial charge in [-0.05, 0) is 86.2 Å². The summed E-state index contributed by atoms with van der Waals surface area (Å²) in [5.41, 5.74) is 4.93. The van der Waals surface area contributed by atoms with E-state index in [1.165, 1.54) is 18.2 Å². The minimum Gasteiger partial charge on any atom is -0.478 e. The van der Waals surface area contributed by atoms with Crippen molar-refractivity contribution in [3.8, 4) is 11.5 Å². The Morgan fingerprint density at radius 3 is 2.23 bits per heavy atom. The highest BCUT2D eigenvalue weighted by Gasteiger charge is 2.44. The highest BCUT2D eigenvalue weighted by Crippen LogP contribution is 2.28. The summed E-state index contributed by atoms with van der Waals surface area (Å²) >= 11 is 0. The van der Waals surface area contributed by atoms with E-state index in [0.29, 0.717) is 30.6 Å². The first kappa shape index (κ1) is 31.7. The molecule has 0 N–H and O–H groups in total. The lowest BCUT2D eigenvalue weighted by molar-refractivity contribution is -0.253. The lowest BCUT2D eigenvalue weighted by Gasteiger charge is -2.18. The van der Waals surface area contributed by atoms with Crippen molar-refractivity contribution in [1.29, 1.82) is 0 Å². The molecular formula is C34H35F4NO4. The number of halogens is 4. The van der Waals surface area contributed by atoms with E-state index in [9.17, 15) is 22.4 Å². The number of carbonyl (C=O) groups excluding carboxylic acids is 1. The number of aryl methyl sites for hydroxylation is 4. The Kier molecular flexibility index (Phi) is 10.9. The molecule has 0 saturated heterocycles. The van der Waals surface area contributed by atoms with Gasteiger partial charge in [0.2, 0.25) is 0 Å². The molecule has 0 aliphatic heterocycles. The zero-order valence-electron chi connectivity index (χ0n) is 24.1. The summed E-state index contributed by atoms with van der Waals surface area (Å²) in [4.78, 5) is 12.5. The van der Waals surface area contributed by atoms with Crippen LogP contribution in [-0.4, -0.2) is 35.8 Å². The molecule has 0 spiro atoms. The van der Waals surface area contributed by atoms with Crippen LogP contribution >= 0.6 is 0 Å². The molecule has 9 heteroatoms. The standard InChI is InChI=1S/C34H35F4NO4/c1-3-41-32(40)31(23-26-8-5-4-6-9-26)42-29-18-14-25(15-19-29)20-21-39-24(2)12-16-28(39)17-13-27-10-7-11-30(22-27)43-34(37,38)33(35)36/h4-12,14-16,18-19,22,31,33H,3,13,17,20-21,23H2,1-2H3/t31-/m1/s1. The minimum absolute atomic E-state index is 0.272. The largest absolute Gasteiger partial charge is 0.478 e. The molecule has 3 aromatic carbocycles. The maximum atomic E-state index is 13.3. The number of carbonyl (C=O) groups is 1. The molecule has 0 saturated carbocycles. The molecular weight excluding hydrogens is 562 g/mol. The fourth-order valence-corrected chi connectivity index (χ4v) is 4.78. The second-order valence-electron chi connectivity index (χ2n) is 10.2. The molecule has 5 nitrogen and oxygen atoms in total. The van der Waals surface area contributed by atoms with Crippen LogP contribution < -0.4 is 9.47 Å². The van der Waals surface area contributed by atoms with Gasteiger partial charge in [0.1, 0.15) is 11.5 Å². The number of nitrogens with zero attached hydrogens (tertiary/aromatic N) is 1. The molecule has 1 atom stereocenters. The monoisotopic (exact) mass is 597 g/mol. The van der Waals surface area contributed by atoms with Gasteiger partial charge in [0.15, 0.2) is 6.10 Å². The van der Waals surface area contributed by atoms with E-state index in [1.54, 1.807) is 13.0 Å². The van der Waals surface area contributed by atoms with Gasteiger partial charge in [-0.1, -0.05) is 54.6 Å². The van der Waals surface area contributed by atoms with Crippen LogP contribution in [0.5, 0.6) is 11.5 Å². The molecule has 0 amide bonds. The van der Waals surface area contributed by atoms with Gasteiger partial charge in [0.25, 0.3) is 0 Å². The number of aromatic nitrogens is 1. The SMILES string of the molecule is CCOC(=O)[C@@H](Cc1ccccc1)Oc1ccc(CCn2c(C)ccc2CCc2cccc(OC(F)(F)C(F)F)c2)cc1. The Morgan fingerprint density at radius 2 is 1.53 bits per heavy atom. The first-order chi connectivity index (χ1) is 20.6. The van der Waals surface area contributed by atoms with E-state index in [4.69, 9.17) is 9.47 Å². The summed E-state index contributed by atoms with van der Waals surface area (Å²) < 4.78 is 69.3. The summed E-state index contributed by atoms with van der Waals surface area (Å²) in [6.07, 6.45) is -6.90. The van der Waals surface area contributed by atoms with Gasteiger partial charge in [0.05, 0.1) is 6.61 Å². The van der Waals surface area contributed by atoms with Gasteiger partial charge in [-0.2, -0.15) is 17.6 Å². The minimum atomic E-state index is -4.54. The van der Waals surface area contributed by atoms with E-state index in [0.717, 1.165) is 35.5 Å². The van der Waals surface area contributed by atoms with Crippen molar-refractivity contribution in [3.63, 3.8) is 0 Å². The van der Waals surface area contributed by atoms with E-state index >= 15 is 0 Å². The van der Waals surface area contributed by atoms with E-state index in [-0.39, 0.29) is 12.4 Å². The fourth-order valence-electron chi connectivity index (χ4n) is 4.78.